The van der Waals surface area contributed by atoms with E-state index in [1.54, 1.807) is 7.11 Å². The number of hydrogen-bond acceptors (Lipinski definition) is 4. The third kappa shape index (κ3) is 3.95. The van der Waals surface area contributed by atoms with Crippen molar-refractivity contribution in [3.63, 3.8) is 0 Å². The molecule has 2 rings (SSSR count). The van der Waals surface area contributed by atoms with Gasteiger partial charge < -0.3 is 10.1 Å². The molecule has 0 unspecified atom stereocenters. The van der Waals surface area contributed by atoms with E-state index in [1.807, 2.05) is 7.05 Å². The summed E-state index contributed by atoms with van der Waals surface area (Å²) in [7, 11) is 3.59. The van der Waals surface area contributed by atoms with Crippen molar-refractivity contribution in [2.45, 2.75) is 52.1 Å². The number of anilines is 1. The van der Waals surface area contributed by atoms with Crippen LogP contribution in [0, 0.1) is 11.8 Å². The largest absolute Gasteiger partial charge is 0.378 e. The quantitative estimate of drug-likeness (QED) is 0.852. The maximum Gasteiger partial charge on any atom is 0.144 e. The molecule has 0 radical (unpaired) electrons. The van der Waals surface area contributed by atoms with E-state index in [1.165, 1.54) is 25.7 Å². The van der Waals surface area contributed by atoms with Gasteiger partial charge in [-0.1, -0.05) is 13.8 Å². The molecule has 1 saturated carbocycles. The number of aromatic nitrogens is 2. The van der Waals surface area contributed by atoms with Crippen LogP contribution in [0.2, 0.25) is 0 Å². The van der Waals surface area contributed by atoms with Crippen LogP contribution in [0.3, 0.4) is 0 Å². The van der Waals surface area contributed by atoms with Crippen LogP contribution in [0.25, 0.3) is 0 Å². The van der Waals surface area contributed by atoms with E-state index >= 15 is 0 Å². The second-order valence-electron chi connectivity index (χ2n) is 6.23. The molecule has 0 spiro atoms. The molecule has 1 fully saturated rings. The molecule has 4 nitrogen and oxygen atoms in total. The fourth-order valence-electron chi connectivity index (χ4n) is 3.14. The molecule has 0 atom stereocenters. The van der Waals surface area contributed by atoms with Gasteiger partial charge in [0.2, 0.25) is 0 Å². The summed E-state index contributed by atoms with van der Waals surface area (Å²) < 4.78 is 6.16. The molecule has 1 aliphatic carbocycles. The molecule has 0 amide bonds. The highest BCUT2D eigenvalue weighted by atomic mass is 79.9. The lowest BCUT2D eigenvalue weighted by molar-refractivity contribution is 0.180. The smallest absolute Gasteiger partial charge is 0.144 e. The lowest BCUT2D eigenvalue weighted by atomic mass is 9.76. The Kier molecular flexibility index (Phi) is 5.99. The normalized spacial score (nSPS) is 22.6. The Balaban J connectivity index is 2.18. The average Bonchev–Trinajstić information content (AvgIpc) is 2.49. The Hall–Kier alpha value is -0.680. The third-order valence-electron chi connectivity index (χ3n) is 4.53. The van der Waals surface area contributed by atoms with Crippen LogP contribution >= 0.6 is 15.9 Å². The zero-order valence-corrected chi connectivity index (χ0v) is 15.0. The second-order valence-corrected chi connectivity index (χ2v) is 7.02. The highest BCUT2D eigenvalue weighted by molar-refractivity contribution is 9.10. The van der Waals surface area contributed by atoms with Crippen LogP contribution in [0.5, 0.6) is 0 Å². The molecule has 0 aliphatic heterocycles. The predicted octanol–water partition coefficient (Wildman–Crippen LogP) is 4.36. The van der Waals surface area contributed by atoms with Gasteiger partial charge in [-0.3, -0.25) is 0 Å². The summed E-state index contributed by atoms with van der Waals surface area (Å²) in [4.78, 5) is 9.44. The van der Waals surface area contributed by atoms with E-state index in [4.69, 9.17) is 14.7 Å². The minimum atomic E-state index is 0.482. The second kappa shape index (κ2) is 7.54. The van der Waals surface area contributed by atoms with Crippen LogP contribution in [0.1, 0.15) is 57.0 Å². The molecule has 21 heavy (non-hydrogen) atoms. The van der Waals surface area contributed by atoms with Gasteiger partial charge >= 0.3 is 0 Å². The molecule has 1 heterocycles. The van der Waals surface area contributed by atoms with Crippen LogP contribution < -0.4 is 5.32 Å². The molecule has 1 N–H and O–H groups in total. The SMILES string of the molecule is CNc1nc(C2CCC(C(C)C)CC2)nc(COC)c1Br. The maximum absolute atomic E-state index is 5.25. The Morgan fingerprint density at radius 3 is 2.43 bits per heavy atom. The standard InChI is InChI=1S/C16H26BrN3O/c1-10(2)11-5-7-12(8-6-11)15-19-13(9-21-4)14(17)16(18-3)20-15/h10-12H,5-9H2,1-4H3,(H,18,19,20). The van der Waals surface area contributed by atoms with E-state index in [0.717, 1.165) is 33.6 Å². The Bertz CT molecular complexity index is 471. The van der Waals surface area contributed by atoms with Gasteiger partial charge in [0.05, 0.1) is 16.8 Å². The molecule has 1 aromatic heterocycles. The number of ether oxygens (including phenoxy) is 1. The van der Waals surface area contributed by atoms with Crippen LogP contribution in [0.15, 0.2) is 4.47 Å². The van der Waals surface area contributed by atoms with Gasteiger partial charge in [0, 0.05) is 20.1 Å². The topological polar surface area (TPSA) is 47.0 Å². The van der Waals surface area contributed by atoms with Gasteiger partial charge in [0.1, 0.15) is 11.6 Å². The summed E-state index contributed by atoms with van der Waals surface area (Å²) >= 11 is 3.56. The highest BCUT2D eigenvalue weighted by Gasteiger charge is 2.27. The fourth-order valence-corrected chi connectivity index (χ4v) is 3.63. The average molecular weight is 356 g/mol. The Morgan fingerprint density at radius 2 is 1.90 bits per heavy atom. The van der Waals surface area contributed by atoms with Gasteiger partial charge in [-0.15, -0.1) is 0 Å². The minimum Gasteiger partial charge on any atom is -0.378 e. The van der Waals surface area contributed by atoms with Crippen LogP contribution in [0.4, 0.5) is 5.82 Å². The van der Waals surface area contributed by atoms with Crippen molar-refractivity contribution in [1.29, 1.82) is 0 Å². The summed E-state index contributed by atoms with van der Waals surface area (Å²) in [5, 5.41) is 3.15. The van der Waals surface area contributed by atoms with E-state index in [2.05, 4.69) is 35.1 Å². The zero-order valence-electron chi connectivity index (χ0n) is 13.4. The van der Waals surface area contributed by atoms with Crippen molar-refractivity contribution < 1.29 is 4.74 Å². The first-order valence-electron chi connectivity index (χ1n) is 7.79. The first kappa shape index (κ1) is 16.7. The fraction of sp³-hybridized carbons (Fsp3) is 0.750. The van der Waals surface area contributed by atoms with Crippen molar-refractivity contribution in [1.82, 2.24) is 9.97 Å². The number of nitrogens with zero attached hydrogens (tertiary/aromatic N) is 2. The minimum absolute atomic E-state index is 0.482. The van der Waals surface area contributed by atoms with E-state index in [-0.39, 0.29) is 0 Å². The molecular formula is C16H26BrN3O. The maximum atomic E-state index is 5.25. The number of methoxy groups -OCH3 is 1. The van der Waals surface area contributed by atoms with Crippen LogP contribution in [-0.4, -0.2) is 24.1 Å². The highest BCUT2D eigenvalue weighted by Crippen LogP contribution is 2.38. The number of nitrogens with one attached hydrogen (secondary N) is 1. The van der Waals surface area contributed by atoms with Gasteiger partial charge in [-0.25, -0.2) is 9.97 Å². The van der Waals surface area contributed by atoms with Crippen molar-refractivity contribution in [2.75, 3.05) is 19.5 Å². The van der Waals surface area contributed by atoms with Crippen molar-refractivity contribution in [2.24, 2.45) is 11.8 Å². The van der Waals surface area contributed by atoms with E-state index in [9.17, 15) is 0 Å². The molecule has 1 aliphatic rings. The molecular weight excluding hydrogens is 330 g/mol. The van der Waals surface area contributed by atoms with Crippen molar-refractivity contribution in [3.05, 3.63) is 16.0 Å². The van der Waals surface area contributed by atoms with Crippen molar-refractivity contribution >= 4 is 21.7 Å². The van der Waals surface area contributed by atoms with Crippen LogP contribution in [-0.2, 0) is 11.3 Å². The molecule has 1 aromatic rings. The van der Waals surface area contributed by atoms with Crippen molar-refractivity contribution in [3.8, 4) is 0 Å². The summed E-state index contributed by atoms with van der Waals surface area (Å²) in [5.74, 6) is 3.96. The summed E-state index contributed by atoms with van der Waals surface area (Å²) in [6.45, 7) is 5.17. The first-order valence-corrected chi connectivity index (χ1v) is 8.59. The van der Waals surface area contributed by atoms with E-state index in [0.29, 0.717) is 12.5 Å². The Labute approximate surface area is 136 Å². The molecule has 0 aromatic carbocycles. The van der Waals surface area contributed by atoms with Gasteiger partial charge in [0.15, 0.2) is 0 Å². The summed E-state index contributed by atoms with van der Waals surface area (Å²) in [6.07, 6.45) is 4.96. The Morgan fingerprint density at radius 1 is 1.24 bits per heavy atom. The lowest BCUT2D eigenvalue weighted by Crippen LogP contribution is -2.20. The summed E-state index contributed by atoms with van der Waals surface area (Å²) in [6, 6.07) is 0. The van der Waals surface area contributed by atoms with E-state index < -0.39 is 0 Å². The van der Waals surface area contributed by atoms with Gasteiger partial charge in [0.25, 0.3) is 0 Å². The first-order chi connectivity index (χ1) is 10.1. The molecule has 5 heteroatoms. The lowest BCUT2D eigenvalue weighted by Gasteiger charge is -2.30. The molecule has 0 bridgehead atoms. The third-order valence-corrected chi connectivity index (χ3v) is 5.37. The number of halogens is 1. The molecule has 0 saturated heterocycles. The monoisotopic (exact) mass is 355 g/mol. The summed E-state index contributed by atoms with van der Waals surface area (Å²) in [5.41, 5.74) is 0.929. The van der Waals surface area contributed by atoms with Gasteiger partial charge in [-0.05, 0) is 53.4 Å². The number of rotatable bonds is 5. The molecule has 118 valence electrons. The zero-order chi connectivity index (χ0) is 15.4. The predicted molar refractivity (Wildman–Crippen MR) is 89.5 cm³/mol. The number of hydrogen-bond donors (Lipinski definition) is 1. The van der Waals surface area contributed by atoms with Gasteiger partial charge in [-0.2, -0.15) is 0 Å².